The molecule has 1 atom stereocenters. The van der Waals surface area contributed by atoms with Crippen LogP contribution in [0.15, 0.2) is 57.5 Å². The average Bonchev–Trinajstić information content (AvgIpc) is 2.59. The summed E-state index contributed by atoms with van der Waals surface area (Å²) in [5, 5.41) is 2.46. The molecule has 8 heteroatoms. The summed E-state index contributed by atoms with van der Waals surface area (Å²) in [6, 6.07) is 12.9. The third kappa shape index (κ3) is 6.27. The number of halogens is 2. The van der Waals surface area contributed by atoms with Crippen LogP contribution >= 0.6 is 31.9 Å². The fraction of sp³-hybridized carbons (Fsp3) is 0.167. The third-order valence-electron chi connectivity index (χ3n) is 3.39. The SMILES string of the molecule is NC(=O)[C@H](CC(=O)OCc1ccccc1)NC(=O)c1cc(Br)cc(Br)c1. The van der Waals surface area contributed by atoms with Gasteiger partial charge in [0.25, 0.3) is 5.91 Å². The smallest absolute Gasteiger partial charge is 0.308 e. The molecule has 2 amide bonds. The van der Waals surface area contributed by atoms with E-state index in [0.717, 1.165) is 5.56 Å². The van der Waals surface area contributed by atoms with Crippen molar-refractivity contribution in [3.05, 3.63) is 68.6 Å². The molecular weight excluding hydrogens is 468 g/mol. The van der Waals surface area contributed by atoms with Crippen LogP contribution in [0.4, 0.5) is 0 Å². The number of carbonyl (C=O) groups excluding carboxylic acids is 3. The Hall–Kier alpha value is -2.19. The standard InChI is InChI=1S/C18H16Br2N2O4/c19-13-6-12(7-14(20)8-13)18(25)22-15(17(21)24)9-16(23)26-10-11-4-2-1-3-5-11/h1-8,15H,9-10H2,(H2,21,24)(H,22,25)/t15-/m0/s1. The molecule has 0 saturated carbocycles. The van der Waals surface area contributed by atoms with E-state index in [2.05, 4.69) is 37.2 Å². The Morgan fingerprint density at radius 3 is 2.23 bits per heavy atom. The number of benzene rings is 2. The zero-order valence-corrected chi connectivity index (χ0v) is 16.7. The lowest BCUT2D eigenvalue weighted by molar-refractivity contribution is -0.146. The second kappa shape index (κ2) is 9.49. The van der Waals surface area contributed by atoms with E-state index >= 15 is 0 Å². The summed E-state index contributed by atoms with van der Waals surface area (Å²) >= 11 is 6.57. The van der Waals surface area contributed by atoms with Crippen LogP contribution in [0, 0.1) is 0 Å². The third-order valence-corrected chi connectivity index (χ3v) is 4.30. The van der Waals surface area contributed by atoms with Gasteiger partial charge in [-0.05, 0) is 23.8 Å². The first-order chi connectivity index (χ1) is 12.3. The number of ether oxygens (including phenoxy) is 1. The molecule has 2 aromatic rings. The van der Waals surface area contributed by atoms with Gasteiger partial charge in [0.1, 0.15) is 12.6 Å². The van der Waals surface area contributed by atoms with Gasteiger partial charge in [0.15, 0.2) is 0 Å². The monoisotopic (exact) mass is 482 g/mol. The molecule has 0 aromatic heterocycles. The number of amides is 2. The van der Waals surface area contributed by atoms with E-state index in [4.69, 9.17) is 10.5 Å². The summed E-state index contributed by atoms with van der Waals surface area (Å²) in [6.07, 6.45) is -0.344. The maximum atomic E-state index is 12.3. The lowest BCUT2D eigenvalue weighted by Gasteiger charge is -2.15. The lowest BCUT2D eigenvalue weighted by Crippen LogP contribution is -2.45. The number of primary amides is 1. The predicted molar refractivity (Wildman–Crippen MR) is 103 cm³/mol. The maximum Gasteiger partial charge on any atom is 0.308 e. The van der Waals surface area contributed by atoms with Gasteiger partial charge in [-0.2, -0.15) is 0 Å². The van der Waals surface area contributed by atoms with Crippen LogP contribution < -0.4 is 11.1 Å². The minimum Gasteiger partial charge on any atom is -0.461 e. The molecule has 0 saturated heterocycles. The summed E-state index contributed by atoms with van der Waals surface area (Å²) in [5.41, 5.74) is 6.43. The highest BCUT2D eigenvalue weighted by atomic mass is 79.9. The molecule has 0 aliphatic carbocycles. The summed E-state index contributed by atoms with van der Waals surface area (Å²) < 4.78 is 6.50. The Morgan fingerprint density at radius 2 is 1.65 bits per heavy atom. The van der Waals surface area contributed by atoms with Crippen molar-refractivity contribution in [1.82, 2.24) is 5.32 Å². The molecule has 0 bridgehead atoms. The van der Waals surface area contributed by atoms with E-state index in [0.29, 0.717) is 14.5 Å². The van der Waals surface area contributed by atoms with Crippen LogP contribution in [-0.4, -0.2) is 23.8 Å². The van der Waals surface area contributed by atoms with Crippen molar-refractivity contribution in [2.45, 2.75) is 19.1 Å². The van der Waals surface area contributed by atoms with E-state index in [1.807, 2.05) is 30.3 Å². The normalized spacial score (nSPS) is 11.5. The number of nitrogens with two attached hydrogens (primary N) is 1. The van der Waals surface area contributed by atoms with Crippen molar-refractivity contribution >= 4 is 49.6 Å². The number of nitrogens with one attached hydrogen (secondary N) is 1. The van der Waals surface area contributed by atoms with Gasteiger partial charge in [-0.1, -0.05) is 62.2 Å². The molecule has 2 aromatic carbocycles. The fourth-order valence-corrected chi connectivity index (χ4v) is 3.41. The molecule has 0 unspecified atom stereocenters. The van der Waals surface area contributed by atoms with E-state index in [1.165, 1.54) is 0 Å². The molecular formula is C18H16Br2N2O4. The molecule has 0 aliphatic rings. The summed E-state index contributed by atoms with van der Waals surface area (Å²) in [7, 11) is 0. The van der Waals surface area contributed by atoms with E-state index in [1.54, 1.807) is 18.2 Å². The van der Waals surface area contributed by atoms with Gasteiger partial charge in [-0.15, -0.1) is 0 Å². The summed E-state index contributed by atoms with van der Waals surface area (Å²) in [5.74, 6) is -1.97. The quantitative estimate of drug-likeness (QED) is 0.591. The van der Waals surface area contributed by atoms with Crippen molar-refractivity contribution in [2.75, 3.05) is 0 Å². The van der Waals surface area contributed by atoms with Crippen LogP contribution in [0.3, 0.4) is 0 Å². The Bertz CT molecular complexity index is 792. The molecule has 0 fully saturated rings. The Balaban J connectivity index is 1.96. The lowest BCUT2D eigenvalue weighted by atomic mass is 10.1. The van der Waals surface area contributed by atoms with Crippen LogP contribution in [0.25, 0.3) is 0 Å². The number of hydrogen-bond acceptors (Lipinski definition) is 4. The number of carbonyl (C=O) groups is 3. The Labute approximate surface area is 167 Å². The summed E-state index contributed by atoms with van der Waals surface area (Å²) in [6.45, 7) is 0.0810. The van der Waals surface area contributed by atoms with Gasteiger partial charge >= 0.3 is 5.97 Å². The Kier molecular flexibility index (Phi) is 7.35. The predicted octanol–water partition coefficient (Wildman–Crippen LogP) is 2.93. The summed E-state index contributed by atoms with van der Waals surface area (Å²) in [4.78, 5) is 35.9. The van der Waals surface area contributed by atoms with E-state index in [-0.39, 0.29) is 13.0 Å². The highest BCUT2D eigenvalue weighted by Gasteiger charge is 2.23. The van der Waals surface area contributed by atoms with Crippen molar-refractivity contribution in [3.8, 4) is 0 Å². The first kappa shape index (κ1) is 20.1. The first-order valence-electron chi connectivity index (χ1n) is 7.61. The van der Waals surface area contributed by atoms with Gasteiger partial charge in [-0.3, -0.25) is 14.4 Å². The van der Waals surface area contributed by atoms with Gasteiger partial charge < -0.3 is 15.8 Å². The second-order valence-corrected chi connectivity index (χ2v) is 7.27. The molecule has 0 radical (unpaired) electrons. The topological polar surface area (TPSA) is 98.5 Å². The maximum absolute atomic E-state index is 12.3. The minimum absolute atomic E-state index is 0.0810. The molecule has 3 N–H and O–H groups in total. The zero-order chi connectivity index (χ0) is 19.1. The molecule has 0 spiro atoms. The molecule has 0 aliphatic heterocycles. The van der Waals surface area contributed by atoms with E-state index in [9.17, 15) is 14.4 Å². The molecule has 6 nitrogen and oxygen atoms in total. The fourth-order valence-electron chi connectivity index (χ4n) is 2.11. The second-order valence-electron chi connectivity index (χ2n) is 5.44. The van der Waals surface area contributed by atoms with Crippen molar-refractivity contribution in [1.29, 1.82) is 0 Å². The van der Waals surface area contributed by atoms with Gasteiger partial charge in [0.2, 0.25) is 5.91 Å². The highest BCUT2D eigenvalue weighted by Crippen LogP contribution is 2.20. The van der Waals surface area contributed by atoms with Crippen LogP contribution in [0.5, 0.6) is 0 Å². The van der Waals surface area contributed by atoms with Gasteiger partial charge in [0.05, 0.1) is 6.42 Å². The van der Waals surface area contributed by atoms with Crippen LogP contribution in [0.2, 0.25) is 0 Å². The first-order valence-corrected chi connectivity index (χ1v) is 9.19. The van der Waals surface area contributed by atoms with E-state index < -0.39 is 23.8 Å². The molecule has 2 rings (SSSR count). The average molecular weight is 484 g/mol. The highest BCUT2D eigenvalue weighted by molar-refractivity contribution is 9.11. The number of esters is 1. The van der Waals surface area contributed by atoms with Crippen LogP contribution in [0.1, 0.15) is 22.3 Å². The minimum atomic E-state index is -1.16. The molecule has 26 heavy (non-hydrogen) atoms. The molecule has 0 heterocycles. The van der Waals surface area contributed by atoms with Crippen molar-refractivity contribution in [2.24, 2.45) is 5.73 Å². The van der Waals surface area contributed by atoms with Crippen LogP contribution in [-0.2, 0) is 20.9 Å². The van der Waals surface area contributed by atoms with Crippen molar-refractivity contribution < 1.29 is 19.1 Å². The van der Waals surface area contributed by atoms with Crippen molar-refractivity contribution in [3.63, 3.8) is 0 Å². The Morgan fingerprint density at radius 1 is 1.04 bits per heavy atom. The largest absolute Gasteiger partial charge is 0.461 e. The number of rotatable bonds is 7. The van der Waals surface area contributed by atoms with Gasteiger partial charge in [-0.25, -0.2) is 0 Å². The zero-order valence-electron chi connectivity index (χ0n) is 13.6. The van der Waals surface area contributed by atoms with Gasteiger partial charge in [0, 0.05) is 14.5 Å². The molecule has 136 valence electrons. The number of hydrogen-bond donors (Lipinski definition) is 2.